The van der Waals surface area contributed by atoms with Crippen LogP contribution in [0.25, 0.3) is 0 Å². The van der Waals surface area contributed by atoms with Gasteiger partial charge in [0, 0.05) is 25.7 Å². The second-order valence-corrected chi connectivity index (χ2v) is 5.82. The van der Waals surface area contributed by atoms with E-state index in [0.29, 0.717) is 12.6 Å². The standard InChI is InChI=1S/C17H27N3O/c1-2-10-20-11-8-15(9-12-20)19-17(21)16(13-18)14-6-4-3-5-7-14/h3-7,15-16H,2,8-13,18H2,1H3,(H,19,21). The second-order valence-electron chi connectivity index (χ2n) is 5.82. The minimum absolute atomic E-state index is 0.0673. The Labute approximate surface area is 127 Å². The molecule has 21 heavy (non-hydrogen) atoms. The first-order chi connectivity index (χ1) is 10.2. The molecule has 1 aliphatic heterocycles. The van der Waals surface area contributed by atoms with Crippen molar-refractivity contribution in [1.82, 2.24) is 10.2 Å². The predicted octanol–water partition coefficient (Wildman–Crippen LogP) is 1.72. The largest absolute Gasteiger partial charge is 0.353 e. The summed E-state index contributed by atoms with van der Waals surface area (Å²) in [5.41, 5.74) is 6.80. The summed E-state index contributed by atoms with van der Waals surface area (Å²) in [5, 5.41) is 3.19. The number of amides is 1. The van der Waals surface area contributed by atoms with E-state index in [2.05, 4.69) is 17.1 Å². The molecule has 1 heterocycles. The number of hydrogen-bond acceptors (Lipinski definition) is 3. The van der Waals surface area contributed by atoms with Crippen LogP contribution < -0.4 is 11.1 Å². The Morgan fingerprint density at radius 1 is 1.33 bits per heavy atom. The summed E-state index contributed by atoms with van der Waals surface area (Å²) in [6.45, 7) is 5.88. The molecule has 1 aromatic carbocycles. The van der Waals surface area contributed by atoms with E-state index in [0.717, 1.165) is 38.0 Å². The van der Waals surface area contributed by atoms with Crippen molar-refractivity contribution in [1.29, 1.82) is 0 Å². The molecule has 1 saturated heterocycles. The molecule has 0 saturated carbocycles. The number of nitrogens with zero attached hydrogens (tertiary/aromatic N) is 1. The van der Waals surface area contributed by atoms with Gasteiger partial charge in [-0.3, -0.25) is 4.79 Å². The van der Waals surface area contributed by atoms with Crippen LogP contribution in [0.3, 0.4) is 0 Å². The molecule has 0 aliphatic carbocycles. The van der Waals surface area contributed by atoms with Gasteiger partial charge in [0.1, 0.15) is 0 Å². The molecule has 0 bridgehead atoms. The number of nitrogens with two attached hydrogens (primary N) is 1. The zero-order valence-corrected chi connectivity index (χ0v) is 12.9. The lowest BCUT2D eigenvalue weighted by Crippen LogP contribution is -2.46. The van der Waals surface area contributed by atoms with Gasteiger partial charge in [0.2, 0.25) is 5.91 Å². The molecule has 1 amide bonds. The lowest BCUT2D eigenvalue weighted by atomic mass is 9.97. The number of piperidine rings is 1. The number of hydrogen-bond donors (Lipinski definition) is 2. The lowest BCUT2D eigenvalue weighted by Gasteiger charge is -2.32. The maximum atomic E-state index is 12.4. The highest BCUT2D eigenvalue weighted by molar-refractivity contribution is 5.84. The van der Waals surface area contributed by atoms with Gasteiger partial charge >= 0.3 is 0 Å². The summed E-state index contributed by atoms with van der Waals surface area (Å²) in [5.74, 6) is -0.169. The van der Waals surface area contributed by atoms with Gasteiger partial charge in [-0.25, -0.2) is 0 Å². The zero-order chi connectivity index (χ0) is 15.1. The van der Waals surface area contributed by atoms with Crippen molar-refractivity contribution in [2.45, 2.75) is 38.1 Å². The van der Waals surface area contributed by atoms with E-state index in [1.807, 2.05) is 30.3 Å². The van der Waals surface area contributed by atoms with Crippen LogP contribution in [0.15, 0.2) is 30.3 Å². The fraction of sp³-hybridized carbons (Fsp3) is 0.588. The minimum Gasteiger partial charge on any atom is -0.353 e. The lowest BCUT2D eigenvalue weighted by molar-refractivity contribution is -0.123. The second kappa shape index (κ2) is 8.15. The first-order valence-corrected chi connectivity index (χ1v) is 8.02. The minimum atomic E-state index is -0.236. The van der Waals surface area contributed by atoms with Crippen LogP contribution >= 0.6 is 0 Å². The molecule has 1 aromatic rings. The van der Waals surface area contributed by atoms with Crippen molar-refractivity contribution in [3.63, 3.8) is 0 Å². The van der Waals surface area contributed by atoms with E-state index >= 15 is 0 Å². The van der Waals surface area contributed by atoms with Crippen LogP contribution in [0.4, 0.5) is 0 Å². The number of rotatable bonds is 6. The Morgan fingerprint density at radius 2 is 2.00 bits per heavy atom. The number of nitrogens with one attached hydrogen (secondary N) is 1. The summed E-state index contributed by atoms with van der Waals surface area (Å²) >= 11 is 0. The third kappa shape index (κ3) is 4.55. The highest BCUT2D eigenvalue weighted by Gasteiger charge is 2.24. The molecular formula is C17H27N3O. The van der Waals surface area contributed by atoms with Gasteiger partial charge < -0.3 is 16.0 Å². The highest BCUT2D eigenvalue weighted by Crippen LogP contribution is 2.16. The van der Waals surface area contributed by atoms with Crippen LogP contribution in [0.5, 0.6) is 0 Å². The van der Waals surface area contributed by atoms with Crippen molar-refractivity contribution in [3.8, 4) is 0 Å². The summed E-state index contributed by atoms with van der Waals surface area (Å²) in [6, 6.07) is 10.1. The van der Waals surface area contributed by atoms with Crippen molar-refractivity contribution in [2.75, 3.05) is 26.2 Å². The molecular weight excluding hydrogens is 262 g/mol. The average molecular weight is 289 g/mol. The normalized spacial score (nSPS) is 18.4. The van der Waals surface area contributed by atoms with E-state index in [1.165, 1.54) is 6.42 Å². The zero-order valence-electron chi connectivity index (χ0n) is 12.9. The molecule has 3 N–H and O–H groups in total. The van der Waals surface area contributed by atoms with Gasteiger partial charge in [-0.15, -0.1) is 0 Å². The van der Waals surface area contributed by atoms with Crippen molar-refractivity contribution in [2.24, 2.45) is 5.73 Å². The smallest absolute Gasteiger partial charge is 0.229 e. The molecule has 1 aliphatic rings. The molecule has 4 heteroatoms. The molecule has 4 nitrogen and oxygen atoms in total. The molecule has 0 radical (unpaired) electrons. The molecule has 1 unspecified atom stereocenters. The van der Waals surface area contributed by atoms with Crippen LogP contribution in [-0.2, 0) is 4.79 Å². The number of likely N-dealkylation sites (tertiary alicyclic amines) is 1. The Morgan fingerprint density at radius 3 is 2.57 bits per heavy atom. The van der Waals surface area contributed by atoms with Gasteiger partial charge in [-0.1, -0.05) is 37.3 Å². The van der Waals surface area contributed by atoms with E-state index in [-0.39, 0.29) is 11.8 Å². The molecule has 0 aromatic heterocycles. The molecule has 2 rings (SSSR count). The summed E-state index contributed by atoms with van der Waals surface area (Å²) in [7, 11) is 0. The Bertz CT molecular complexity index is 427. The van der Waals surface area contributed by atoms with E-state index in [4.69, 9.17) is 5.73 Å². The monoisotopic (exact) mass is 289 g/mol. The summed E-state index contributed by atoms with van der Waals surface area (Å²) in [4.78, 5) is 14.9. The van der Waals surface area contributed by atoms with Gasteiger partial charge in [0.15, 0.2) is 0 Å². The van der Waals surface area contributed by atoms with Gasteiger partial charge in [-0.05, 0) is 31.4 Å². The molecule has 1 atom stereocenters. The Hall–Kier alpha value is -1.39. The Balaban J connectivity index is 1.86. The molecule has 0 spiro atoms. The van der Waals surface area contributed by atoms with Crippen LogP contribution in [0.2, 0.25) is 0 Å². The van der Waals surface area contributed by atoms with E-state index in [1.54, 1.807) is 0 Å². The van der Waals surface area contributed by atoms with Crippen LogP contribution in [-0.4, -0.2) is 43.0 Å². The van der Waals surface area contributed by atoms with Crippen LogP contribution in [0, 0.1) is 0 Å². The van der Waals surface area contributed by atoms with Gasteiger partial charge in [0.05, 0.1) is 5.92 Å². The maximum absolute atomic E-state index is 12.4. The highest BCUT2D eigenvalue weighted by atomic mass is 16.2. The SMILES string of the molecule is CCCN1CCC(NC(=O)C(CN)c2ccccc2)CC1. The third-order valence-corrected chi connectivity index (χ3v) is 4.23. The maximum Gasteiger partial charge on any atom is 0.229 e. The summed E-state index contributed by atoms with van der Waals surface area (Å²) in [6.07, 6.45) is 3.27. The first kappa shape index (κ1) is 16.0. The fourth-order valence-electron chi connectivity index (χ4n) is 3.00. The van der Waals surface area contributed by atoms with Crippen molar-refractivity contribution in [3.05, 3.63) is 35.9 Å². The topological polar surface area (TPSA) is 58.4 Å². The van der Waals surface area contributed by atoms with E-state index in [9.17, 15) is 4.79 Å². The van der Waals surface area contributed by atoms with Crippen molar-refractivity contribution < 1.29 is 4.79 Å². The van der Waals surface area contributed by atoms with Gasteiger partial charge in [-0.2, -0.15) is 0 Å². The van der Waals surface area contributed by atoms with Crippen molar-refractivity contribution >= 4 is 5.91 Å². The Kier molecular flexibility index (Phi) is 6.21. The van der Waals surface area contributed by atoms with Gasteiger partial charge in [0.25, 0.3) is 0 Å². The third-order valence-electron chi connectivity index (χ3n) is 4.23. The molecule has 1 fully saturated rings. The quantitative estimate of drug-likeness (QED) is 0.838. The van der Waals surface area contributed by atoms with Crippen LogP contribution in [0.1, 0.15) is 37.7 Å². The number of benzene rings is 1. The fourth-order valence-corrected chi connectivity index (χ4v) is 3.00. The predicted molar refractivity (Wildman–Crippen MR) is 86.1 cm³/mol. The number of carbonyl (C=O) groups is 1. The first-order valence-electron chi connectivity index (χ1n) is 8.02. The number of carbonyl (C=O) groups excluding carboxylic acids is 1. The molecule has 116 valence electrons. The average Bonchev–Trinajstić information content (AvgIpc) is 2.51. The van der Waals surface area contributed by atoms with E-state index < -0.39 is 0 Å². The summed E-state index contributed by atoms with van der Waals surface area (Å²) < 4.78 is 0.